The van der Waals surface area contributed by atoms with Gasteiger partial charge in [0.05, 0.1) is 11.1 Å². The highest BCUT2D eigenvalue weighted by Gasteiger charge is 2.24. The van der Waals surface area contributed by atoms with Crippen molar-refractivity contribution in [3.63, 3.8) is 0 Å². The molecule has 0 aliphatic carbocycles. The molecule has 0 aliphatic rings. The molecular formula is C19H27N3O3S2. The monoisotopic (exact) mass is 409 g/mol. The van der Waals surface area contributed by atoms with E-state index in [0.29, 0.717) is 10.6 Å². The van der Waals surface area contributed by atoms with Crippen LogP contribution in [0.2, 0.25) is 0 Å². The molecule has 1 aromatic heterocycles. The maximum absolute atomic E-state index is 12.3. The van der Waals surface area contributed by atoms with Crippen LogP contribution in [0.4, 0.5) is 11.4 Å². The summed E-state index contributed by atoms with van der Waals surface area (Å²) in [4.78, 5) is 14.9. The number of nitrogens with one attached hydrogen (secondary N) is 1. The van der Waals surface area contributed by atoms with Crippen molar-refractivity contribution < 1.29 is 13.2 Å². The zero-order chi connectivity index (χ0) is 20.2. The number of thiophene rings is 1. The minimum atomic E-state index is -3.36. The van der Waals surface area contributed by atoms with Crippen LogP contribution in [0, 0.1) is 0 Å². The molecule has 0 saturated carbocycles. The molecule has 1 amide bonds. The summed E-state index contributed by atoms with van der Waals surface area (Å²) in [7, 11) is 0.468. The average molecular weight is 410 g/mol. The van der Waals surface area contributed by atoms with Gasteiger partial charge in [-0.3, -0.25) is 4.79 Å². The molecular weight excluding hydrogens is 382 g/mol. The van der Waals surface area contributed by atoms with Crippen molar-refractivity contribution in [2.24, 2.45) is 0 Å². The number of rotatable bonds is 8. The van der Waals surface area contributed by atoms with Crippen molar-refractivity contribution in [2.75, 3.05) is 30.6 Å². The topological polar surface area (TPSA) is 69.7 Å². The molecule has 8 heteroatoms. The lowest BCUT2D eigenvalue weighted by molar-refractivity contribution is 0.103. The maximum atomic E-state index is 12.3. The van der Waals surface area contributed by atoms with Crippen LogP contribution in [0.3, 0.4) is 0 Å². The number of hydrogen-bond donors (Lipinski definition) is 1. The van der Waals surface area contributed by atoms with E-state index in [4.69, 9.17) is 0 Å². The molecule has 0 aliphatic heterocycles. The Morgan fingerprint density at radius 2 is 1.96 bits per heavy atom. The zero-order valence-electron chi connectivity index (χ0n) is 16.4. The van der Waals surface area contributed by atoms with Crippen LogP contribution in [0.25, 0.3) is 0 Å². The van der Waals surface area contributed by atoms with Crippen LogP contribution >= 0.6 is 11.3 Å². The van der Waals surface area contributed by atoms with Gasteiger partial charge >= 0.3 is 0 Å². The molecule has 1 unspecified atom stereocenters. The number of sulfonamides is 1. The Bertz CT molecular complexity index is 878. The fourth-order valence-corrected chi connectivity index (χ4v) is 4.59. The van der Waals surface area contributed by atoms with Gasteiger partial charge in [0, 0.05) is 38.1 Å². The largest absolute Gasteiger partial charge is 0.377 e. The Morgan fingerprint density at radius 1 is 1.26 bits per heavy atom. The van der Waals surface area contributed by atoms with Gasteiger partial charge in [0.25, 0.3) is 5.91 Å². The Labute approximate surface area is 165 Å². The van der Waals surface area contributed by atoms with E-state index in [1.54, 1.807) is 6.07 Å². The Hall–Kier alpha value is -1.90. The van der Waals surface area contributed by atoms with Gasteiger partial charge in [0.2, 0.25) is 10.0 Å². The van der Waals surface area contributed by atoms with Crippen molar-refractivity contribution >= 4 is 38.6 Å². The summed E-state index contributed by atoms with van der Waals surface area (Å²) in [6.07, 6.45) is 1.95. The summed E-state index contributed by atoms with van der Waals surface area (Å²) < 4.78 is 26.1. The first-order valence-corrected chi connectivity index (χ1v) is 11.5. The van der Waals surface area contributed by atoms with Gasteiger partial charge in [-0.1, -0.05) is 13.0 Å². The van der Waals surface area contributed by atoms with Crippen molar-refractivity contribution in [1.82, 2.24) is 4.31 Å². The summed E-state index contributed by atoms with van der Waals surface area (Å²) in [5.74, 6) is -0.171. The Balaban J connectivity index is 2.36. The van der Waals surface area contributed by atoms with Crippen LogP contribution in [0.5, 0.6) is 0 Å². The van der Waals surface area contributed by atoms with Gasteiger partial charge in [-0.15, -0.1) is 11.3 Å². The van der Waals surface area contributed by atoms with E-state index in [9.17, 15) is 13.2 Å². The van der Waals surface area contributed by atoms with Crippen molar-refractivity contribution in [3.8, 4) is 0 Å². The van der Waals surface area contributed by atoms with Crippen LogP contribution in [0.15, 0.2) is 35.7 Å². The van der Waals surface area contributed by atoms with E-state index in [0.717, 1.165) is 17.7 Å². The van der Waals surface area contributed by atoms with Gasteiger partial charge < -0.3 is 10.2 Å². The first-order valence-electron chi connectivity index (χ1n) is 8.75. The molecule has 0 spiro atoms. The van der Waals surface area contributed by atoms with E-state index < -0.39 is 10.0 Å². The van der Waals surface area contributed by atoms with E-state index in [1.807, 2.05) is 62.5 Å². The van der Waals surface area contributed by atoms with Crippen molar-refractivity contribution in [1.29, 1.82) is 0 Å². The van der Waals surface area contributed by atoms with Gasteiger partial charge in [-0.05, 0) is 48.6 Å². The van der Waals surface area contributed by atoms with Crippen LogP contribution in [0.1, 0.15) is 35.5 Å². The van der Waals surface area contributed by atoms with Crippen LogP contribution in [-0.4, -0.2) is 45.0 Å². The smallest absolute Gasteiger partial charge is 0.265 e. The van der Waals surface area contributed by atoms with Crippen molar-refractivity contribution in [3.05, 3.63) is 46.2 Å². The van der Waals surface area contributed by atoms with Crippen molar-refractivity contribution in [2.45, 2.75) is 32.9 Å². The minimum Gasteiger partial charge on any atom is -0.377 e. The quantitative estimate of drug-likeness (QED) is 0.723. The molecule has 1 N–H and O–H groups in total. The van der Waals surface area contributed by atoms with Crippen LogP contribution in [-0.2, 0) is 16.6 Å². The highest BCUT2D eigenvalue weighted by atomic mass is 32.2. The number of carbonyl (C=O) groups is 1. The number of hydrogen-bond acceptors (Lipinski definition) is 5. The summed E-state index contributed by atoms with van der Waals surface area (Å²) in [5.41, 5.74) is 2.40. The fourth-order valence-electron chi connectivity index (χ4n) is 2.80. The molecule has 27 heavy (non-hydrogen) atoms. The predicted octanol–water partition coefficient (Wildman–Crippen LogP) is 3.63. The molecule has 0 fully saturated rings. The first-order chi connectivity index (χ1) is 12.6. The van der Waals surface area contributed by atoms with Gasteiger partial charge in [0.15, 0.2) is 0 Å². The molecule has 0 saturated heterocycles. The van der Waals surface area contributed by atoms with Gasteiger partial charge in [-0.25, -0.2) is 8.42 Å². The molecule has 0 radical (unpaired) electrons. The molecule has 0 bridgehead atoms. The molecule has 1 aromatic carbocycles. The molecule has 6 nitrogen and oxygen atoms in total. The Morgan fingerprint density at radius 3 is 2.48 bits per heavy atom. The summed E-state index contributed by atoms with van der Waals surface area (Å²) >= 11 is 1.38. The second kappa shape index (κ2) is 8.86. The number of amides is 1. The second-order valence-electron chi connectivity index (χ2n) is 6.73. The van der Waals surface area contributed by atoms with Gasteiger partial charge in [0.1, 0.15) is 0 Å². The summed E-state index contributed by atoms with van der Waals surface area (Å²) in [6.45, 7) is 4.12. The molecule has 2 aromatic rings. The molecule has 1 heterocycles. The van der Waals surface area contributed by atoms with E-state index >= 15 is 0 Å². The Kier molecular flexibility index (Phi) is 7.02. The van der Waals surface area contributed by atoms with E-state index in [2.05, 4.69) is 5.32 Å². The fraction of sp³-hybridized carbons (Fsp3) is 0.421. The lowest BCUT2D eigenvalue weighted by atomic mass is 10.1. The molecule has 2 rings (SSSR count). The SMILES string of the molecule is CCC(C)N(Cc1cc(NC(=O)c2cccs2)ccc1N(C)C)S(C)(=O)=O. The van der Waals surface area contributed by atoms with E-state index in [-0.39, 0.29) is 18.5 Å². The number of benzene rings is 1. The highest BCUT2D eigenvalue weighted by Crippen LogP contribution is 2.27. The highest BCUT2D eigenvalue weighted by molar-refractivity contribution is 7.88. The van der Waals surface area contributed by atoms with Crippen LogP contribution < -0.4 is 10.2 Å². The standard InChI is InChI=1S/C19H27N3O3S2/c1-6-14(2)22(27(5,24)25)13-15-12-16(9-10-17(15)21(3)4)20-19(23)18-8-7-11-26-18/h7-12,14H,6,13H2,1-5H3,(H,20,23). The zero-order valence-corrected chi connectivity index (χ0v) is 18.0. The third-order valence-corrected chi connectivity index (χ3v) is 6.61. The average Bonchev–Trinajstić information content (AvgIpc) is 3.12. The normalized spacial score (nSPS) is 12.8. The second-order valence-corrected chi connectivity index (χ2v) is 9.62. The maximum Gasteiger partial charge on any atom is 0.265 e. The lowest BCUT2D eigenvalue weighted by Crippen LogP contribution is -2.37. The predicted molar refractivity (Wildman–Crippen MR) is 113 cm³/mol. The third kappa shape index (κ3) is 5.54. The summed E-state index contributed by atoms with van der Waals surface area (Å²) in [6, 6.07) is 9.06. The number of nitrogens with zero attached hydrogens (tertiary/aromatic N) is 2. The first kappa shape index (κ1) is 21.4. The molecule has 148 valence electrons. The number of carbonyl (C=O) groups excluding carboxylic acids is 1. The molecule has 1 atom stereocenters. The van der Waals surface area contributed by atoms with E-state index in [1.165, 1.54) is 21.9 Å². The summed E-state index contributed by atoms with van der Waals surface area (Å²) in [5, 5.41) is 4.74. The lowest BCUT2D eigenvalue weighted by Gasteiger charge is -2.28. The third-order valence-electron chi connectivity index (χ3n) is 4.40. The minimum absolute atomic E-state index is 0.112. The number of anilines is 2. The van der Waals surface area contributed by atoms with Gasteiger partial charge in [-0.2, -0.15) is 4.31 Å².